The number of nitrogens with zero attached hydrogens (tertiary/aromatic N) is 4. The molecule has 0 unspecified atom stereocenters. The third-order valence-corrected chi connectivity index (χ3v) is 5.96. The number of thiazole rings is 1. The molecule has 1 aliphatic rings. The lowest BCUT2D eigenvalue weighted by molar-refractivity contribution is 0.0641. The summed E-state index contributed by atoms with van der Waals surface area (Å²) in [6.07, 6.45) is 1.29. The first kappa shape index (κ1) is 17.2. The monoisotopic (exact) mass is 388 g/mol. The van der Waals surface area contributed by atoms with Crippen LogP contribution in [-0.4, -0.2) is 44.4 Å². The second kappa shape index (κ2) is 6.81. The van der Waals surface area contributed by atoms with Crippen molar-refractivity contribution in [2.75, 3.05) is 13.1 Å². The lowest BCUT2D eigenvalue weighted by atomic mass is 9.92. The van der Waals surface area contributed by atoms with Gasteiger partial charge >= 0.3 is 0 Å². The number of ketones is 1. The van der Waals surface area contributed by atoms with E-state index in [9.17, 15) is 9.59 Å². The van der Waals surface area contributed by atoms with Crippen molar-refractivity contribution in [2.24, 2.45) is 13.0 Å². The van der Waals surface area contributed by atoms with E-state index in [4.69, 9.17) is 11.6 Å². The first-order chi connectivity index (χ1) is 12.5. The quantitative estimate of drug-likeness (QED) is 0.645. The van der Waals surface area contributed by atoms with Crippen LogP contribution < -0.4 is 0 Å². The van der Waals surface area contributed by atoms with Crippen molar-refractivity contribution in [1.29, 1.82) is 0 Å². The van der Waals surface area contributed by atoms with Gasteiger partial charge < -0.3 is 4.90 Å². The number of hydrogen-bond donors (Lipinski definition) is 0. The standard InChI is InChI=1S/C18H17ClN4O2S/c1-22-13(10-15(19)21-22)18(25)23-8-6-11(7-9-23)16(24)17-20-12-4-2-3-5-14(12)26-17/h2-5,10-11H,6-9H2,1H3. The number of amides is 1. The van der Waals surface area contributed by atoms with Crippen LogP contribution in [0, 0.1) is 5.92 Å². The minimum atomic E-state index is -0.0993. The van der Waals surface area contributed by atoms with Crippen molar-refractivity contribution in [3.05, 3.63) is 46.2 Å². The van der Waals surface area contributed by atoms with Crippen LogP contribution in [0.15, 0.2) is 30.3 Å². The number of fused-ring (bicyclic) bond motifs is 1. The highest BCUT2D eigenvalue weighted by atomic mass is 35.5. The van der Waals surface area contributed by atoms with Gasteiger partial charge in [-0.15, -0.1) is 11.3 Å². The number of Topliss-reactive ketones (excluding diaryl/α,β-unsaturated/α-hetero) is 1. The number of rotatable bonds is 3. The molecule has 0 aliphatic carbocycles. The average Bonchev–Trinajstić information content (AvgIpc) is 3.23. The van der Waals surface area contributed by atoms with Crippen LogP contribution in [-0.2, 0) is 7.05 Å². The van der Waals surface area contributed by atoms with Crippen molar-refractivity contribution < 1.29 is 9.59 Å². The molecular weight excluding hydrogens is 372 g/mol. The number of para-hydroxylation sites is 1. The van der Waals surface area contributed by atoms with Gasteiger partial charge in [-0.1, -0.05) is 23.7 Å². The number of hydrogen-bond acceptors (Lipinski definition) is 5. The average molecular weight is 389 g/mol. The maximum absolute atomic E-state index is 12.8. The number of aromatic nitrogens is 3. The van der Waals surface area contributed by atoms with Crippen LogP contribution in [0.5, 0.6) is 0 Å². The molecule has 1 aromatic carbocycles. The molecule has 134 valence electrons. The fourth-order valence-corrected chi connectivity index (χ4v) is 4.49. The Bertz CT molecular complexity index is 955. The zero-order valence-electron chi connectivity index (χ0n) is 14.2. The molecule has 4 rings (SSSR count). The van der Waals surface area contributed by atoms with Gasteiger partial charge in [0.25, 0.3) is 5.91 Å². The molecule has 0 spiro atoms. The third-order valence-electron chi connectivity index (χ3n) is 4.73. The van der Waals surface area contributed by atoms with E-state index in [-0.39, 0.29) is 17.6 Å². The van der Waals surface area contributed by atoms with E-state index in [1.165, 1.54) is 16.0 Å². The van der Waals surface area contributed by atoms with Gasteiger partial charge in [0, 0.05) is 32.1 Å². The van der Waals surface area contributed by atoms with Crippen molar-refractivity contribution in [3.8, 4) is 0 Å². The maximum atomic E-state index is 12.8. The molecule has 8 heteroatoms. The summed E-state index contributed by atoms with van der Waals surface area (Å²) in [7, 11) is 1.70. The first-order valence-electron chi connectivity index (χ1n) is 8.41. The molecule has 0 N–H and O–H groups in total. The van der Waals surface area contributed by atoms with Gasteiger partial charge in [-0.25, -0.2) is 4.98 Å². The topological polar surface area (TPSA) is 68.1 Å². The molecule has 0 bridgehead atoms. The Morgan fingerprint density at radius 1 is 1.23 bits per heavy atom. The predicted molar refractivity (Wildman–Crippen MR) is 101 cm³/mol. The SMILES string of the molecule is Cn1nc(Cl)cc1C(=O)N1CCC(C(=O)c2nc3ccccc3s2)CC1. The molecule has 26 heavy (non-hydrogen) atoms. The number of carbonyl (C=O) groups is 2. The summed E-state index contributed by atoms with van der Waals surface area (Å²) in [4.78, 5) is 31.6. The van der Waals surface area contributed by atoms with Crippen molar-refractivity contribution in [1.82, 2.24) is 19.7 Å². The van der Waals surface area contributed by atoms with Gasteiger partial charge in [0.2, 0.25) is 0 Å². The Morgan fingerprint density at radius 2 is 1.96 bits per heavy atom. The van der Waals surface area contributed by atoms with Crippen molar-refractivity contribution in [3.63, 3.8) is 0 Å². The fourth-order valence-electron chi connectivity index (χ4n) is 3.29. The molecular formula is C18H17ClN4O2S. The highest BCUT2D eigenvalue weighted by molar-refractivity contribution is 7.20. The van der Waals surface area contributed by atoms with Crippen LogP contribution in [0.2, 0.25) is 5.15 Å². The maximum Gasteiger partial charge on any atom is 0.272 e. The van der Waals surface area contributed by atoms with Gasteiger partial charge in [0.15, 0.2) is 15.9 Å². The summed E-state index contributed by atoms with van der Waals surface area (Å²) in [5.74, 6) is -0.102. The van der Waals surface area contributed by atoms with Gasteiger partial charge in [-0.2, -0.15) is 5.10 Å². The van der Waals surface area contributed by atoms with E-state index in [0.29, 0.717) is 41.8 Å². The fraction of sp³-hybridized carbons (Fsp3) is 0.333. The zero-order chi connectivity index (χ0) is 18.3. The highest BCUT2D eigenvalue weighted by Gasteiger charge is 2.30. The normalized spacial score (nSPS) is 15.5. The lowest BCUT2D eigenvalue weighted by Gasteiger charge is -2.30. The van der Waals surface area contributed by atoms with Crippen molar-refractivity contribution >= 4 is 44.8 Å². The molecule has 0 saturated carbocycles. The van der Waals surface area contributed by atoms with Crippen LogP contribution >= 0.6 is 22.9 Å². The van der Waals surface area contributed by atoms with E-state index < -0.39 is 0 Å². The summed E-state index contributed by atoms with van der Waals surface area (Å²) in [6, 6.07) is 9.34. The Morgan fingerprint density at radius 3 is 2.62 bits per heavy atom. The molecule has 1 fully saturated rings. The first-order valence-corrected chi connectivity index (χ1v) is 9.61. The number of aryl methyl sites for hydroxylation is 1. The van der Waals surface area contributed by atoms with Gasteiger partial charge in [0.1, 0.15) is 5.69 Å². The summed E-state index contributed by atoms with van der Waals surface area (Å²) >= 11 is 7.30. The van der Waals surface area contributed by atoms with Crippen LogP contribution in [0.25, 0.3) is 10.2 Å². The molecule has 3 heterocycles. The molecule has 2 aromatic heterocycles. The smallest absolute Gasteiger partial charge is 0.272 e. The number of likely N-dealkylation sites (tertiary alicyclic amines) is 1. The summed E-state index contributed by atoms with van der Waals surface area (Å²) in [5.41, 5.74) is 1.33. The van der Waals surface area contributed by atoms with Crippen molar-refractivity contribution in [2.45, 2.75) is 12.8 Å². The van der Waals surface area contributed by atoms with E-state index in [1.54, 1.807) is 18.0 Å². The molecule has 0 atom stereocenters. The lowest BCUT2D eigenvalue weighted by Crippen LogP contribution is -2.41. The Balaban J connectivity index is 1.43. The Labute approximate surface area is 159 Å². The van der Waals surface area contributed by atoms with E-state index in [1.807, 2.05) is 24.3 Å². The summed E-state index contributed by atoms with van der Waals surface area (Å²) < 4.78 is 2.51. The summed E-state index contributed by atoms with van der Waals surface area (Å²) in [6.45, 7) is 1.09. The molecule has 1 aliphatic heterocycles. The Hall–Kier alpha value is -2.25. The van der Waals surface area contributed by atoms with Crippen LogP contribution in [0.4, 0.5) is 0 Å². The predicted octanol–water partition coefficient (Wildman–Crippen LogP) is 3.42. The summed E-state index contributed by atoms with van der Waals surface area (Å²) in [5, 5.41) is 4.87. The minimum absolute atomic E-state index is 0.0851. The third kappa shape index (κ3) is 3.12. The highest BCUT2D eigenvalue weighted by Crippen LogP contribution is 2.28. The van der Waals surface area contributed by atoms with Gasteiger partial charge in [-0.3, -0.25) is 14.3 Å². The van der Waals surface area contributed by atoms with E-state index >= 15 is 0 Å². The largest absolute Gasteiger partial charge is 0.337 e. The van der Waals surface area contributed by atoms with Crippen LogP contribution in [0.3, 0.4) is 0 Å². The Kier molecular flexibility index (Phi) is 4.50. The van der Waals surface area contributed by atoms with E-state index in [2.05, 4.69) is 10.1 Å². The second-order valence-electron chi connectivity index (χ2n) is 6.39. The van der Waals surface area contributed by atoms with Gasteiger partial charge in [0.05, 0.1) is 10.2 Å². The number of halogens is 1. The van der Waals surface area contributed by atoms with Gasteiger partial charge in [-0.05, 0) is 25.0 Å². The number of piperidine rings is 1. The van der Waals surface area contributed by atoms with E-state index in [0.717, 1.165) is 10.2 Å². The molecule has 0 radical (unpaired) electrons. The molecule has 1 amide bonds. The minimum Gasteiger partial charge on any atom is -0.337 e. The molecule has 1 saturated heterocycles. The molecule has 3 aromatic rings. The second-order valence-corrected chi connectivity index (χ2v) is 7.81. The number of benzene rings is 1. The molecule has 6 nitrogen and oxygen atoms in total. The van der Waals surface area contributed by atoms with Crippen LogP contribution in [0.1, 0.15) is 33.1 Å². The zero-order valence-corrected chi connectivity index (χ0v) is 15.8. The number of carbonyl (C=O) groups excluding carboxylic acids is 2.